The number of carboxylic acid groups (broad SMARTS) is 2. The molecule has 0 aromatic carbocycles. The molecule has 2 aliphatic rings. The smallest absolute Gasteiger partial charge is 0.475 e. The van der Waals surface area contributed by atoms with E-state index in [1.807, 2.05) is 23.1 Å². The van der Waals surface area contributed by atoms with Gasteiger partial charge in [0, 0.05) is 25.2 Å². The highest BCUT2D eigenvalue weighted by Crippen LogP contribution is 2.35. The number of carbonyl (C=O) groups is 3. The minimum atomic E-state index is -5.08. The van der Waals surface area contributed by atoms with Gasteiger partial charge in [0.05, 0.1) is 43.3 Å². The molecule has 40 heavy (non-hydrogen) atoms. The van der Waals surface area contributed by atoms with E-state index < -0.39 is 30.1 Å². The minimum absolute atomic E-state index is 0.0284. The van der Waals surface area contributed by atoms with Crippen molar-refractivity contribution in [3.63, 3.8) is 0 Å². The third-order valence-corrected chi connectivity index (χ3v) is 5.29. The summed E-state index contributed by atoms with van der Waals surface area (Å²) in [5.41, 5.74) is 0.833. The zero-order valence-electron chi connectivity index (χ0n) is 20.2. The van der Waals surface area contributed by atoms with Crippen molar-refractivity contribution in [3.8, 4) is 0 Å². The molecule has 2 aromatic rings. The number of nitrogens with one attached hydrogen (secondary N) is 1. The van der Waals surface area contributed by atoms with E-state index in [0.717, 1.165) is 18.7 Å². The van der Waals surface area contributed by atoms with Crippen molar-refractivity contribution < 1.29 is 60.1 Å². The number of amides is 1. The van der Waals surface area contributed by atoms with Gasteiger partial charge in [0.15, 0.2) is 5.82 Å². The first-order valence-corrected chi connectivity index (χ1v) is 11.2. The quantitative estimate of drug-likeness (QED) is 0.446. The molecule has 2 saturated heterocycles. The Morgan fingerprint density at radius 2 is 1.55 bits per heavy atom. The van der Waals surface area contributed by atoms with Gasteiger partial charge in [-0.2, -0.15) is 26.3 Å². The molecule has 4 rings (SSSR count). The van der Waals surface area contributed by atoms with E-state index in [9.17, 15) is 35.5 Å². The van der Waals surface area contributed by atoms with Crippen LogP contribution >= 0.6 is 0 Å². The third kappa shape index (κ3) is 10.6. The molecule has 2 aromatic heterocycles. The van der Waals surface area contributed by atoms with E-state index in [2.05, 4.69) is 20.3 Å². The number of halogens is 7. The number of anilines is 1. The molecular formula is C22H22F7N5O6. The van der Waals surface area contributed by atoms with Gasteiger partial charge in [-0.1, -0.05) is 6.07 Å². The van der Waals surface area contributed by atoms with Crippen molar-refractivity contribution in [2.45, 2.75) is 43.9 Å². The van der Waals surface area contributed by atoms with Crippen LogP contribution in [0.4, 0.5) is 36.7 Å². The monoisotopic (exact) mass is 585 g/mol. The molecule has 220 valence electrons. The van der Waals surface area contributed by atoms with Crippen LogP contribution in [0.15, 0.2) is 36.8 Å². The molecule has 18 heteroatoms. The fourth-order valence-corrected chi connectivity index (χ4v) is 3.60. The van der Waals surface area contributed by atoms with Crippen molar-refractivity contribution in [2.75, 3.05) is 18.0 Å². The summed E-state index contributed by atoms with van der Waals surface area (Å²) in [5, 5.41) is 17.1. The number of carbonyl (C=O) groups excluding carboxylic acids is 1. The first kappa shape index (κ1) is 32.1. The highest BCUT2D eigenvalue weighted by atomic mass is 19.4. The summed E-state index contributed by atoms with van der Waals surface area (Å²) in [7, 11) is 0. The van der Waals surface area contributed by atoms with Gasteiger partial charge >= 0.3 is 24.3 Å². The third-order valence-electron chi connectivity index (χ3n) is 5.29. The number of ether oxygens (including phenoxy) is 1. The SMILES string of the molecule is O=C(C[C@H]1C[C@H]2CN(c3ncc(F)cn3)C[C@H]2O1)NCc1ccccn1.O=C(O)C(F)(F)F.O=C(O)C(F)(F)F. The van der Waals surface area contributed by atoms with Crippen LogP contribution in [0.25, 0.3) is 0 Å². The number of hydrogen-bond donors (Lipinski definition) is 3. The molecule has 4 heterocycles. The maximum atomic E-state index is 12.9. The predicted octanol–water partition coefficient (Wildman–Crippen LogP) is 2.58. The second-order valence-corrected chi connectivity index (χ2v) is 8.31. The van der Waals surface area contributed by atoms with Gasteiger partial charge in [-0.15, -0.1) is 0 Å². The van der Waals surface area contributed by atoms with Crippen LogP contribution in [0.3, 0.4) is 0 Å². The number of pyridine rings is 1. The van der Waals surface area contributed by atoms with E-state index in [1.165, 1.54) is 12.4 Å². The number of alkyl halides is 6. The normalized spacial score (nSPS) is 19.9. The highest BCUT2D eigenvalue weighted by molar-refractivity contribution is 5.76. The molecule has 3 atom stereocenters. The zero-order valence-corrected chi connectivity index (χ0v) is 20.2. The van der Waals surface area contributed by atoms with Gasteiger partial charge in [-0.25, -0.2) is 23.9 Å². The number of rotatable bonds is 5. The molecule has 0 saturated carbocycles. The molecule has 0 bridgehead atoms. The van der Waals surface area contributed by atoms with Crippen LogP contribution in [-0.2, 0) is 25.7 Å². The molecule has 3 N–H and O–H groups in total. The van der Waals surface area contributed by atoms with Crippen LogP contribution in [0.2, 0.25) is 0 Å². The molecule has 0 unspecified atom stereocenters. The minimum Gasteiger partial charge on any atom is -0.475 e. The number of nitrogens with zero attached hydrogens (tertiary/aromatic N) is 4. The summed E-state index contributed by atoms with van der Waals surface area (Å²) in [6.45, 7) is 1.86. The first-order chi connectivity index (χ1) is 18.6. The van der Waals surface area contributed by atoms with Crippen molar-refractivity contribution in [2.24, 2.45) is 5.92 Å². The van der Waals surface area contributed by atoms with E-state index in [1.54, 1.807) is 6.20 Å². The molecule has 2 fully saturated rings. The summed E-state index contributed by atoms with van der Waals surface area (Å²) in [6, 6.07) is 5.62. The Hall–Kier alpha value is -4.09. The van der Waals surface area contributed by atoms with E-state index >= 15 is 0 Å². The first-order valence-electron chi connectivity index (χ1n) is 11.2. The number of aliphatic carboxylic acids is 2. The second kappa shape index (κ2) is 13.8. The maximum absolute atomic E-state index is 12.9. The van der Waals surface area contributed by atoms with E-state index in [-0.39, 0.29) is 18.1 Å². The van der Waals surface area contributed by atoms with Gasteiger partial charge in [0.1, 0.15) is 0 Å². The standard InChI is InChI=1S/C18H20FN5O2.2C2HF3O2/c19-13-7-22-18(23-8-13)24-10-12-5-15(26-16(12)11-24)6-17(25)21-9-14-3-1-2-4-20-14;2*3-2(4,5)1(6)7/h1-4,7-8,12,15-16H,5-6,9-11H2,(H,21,25);2*(H,6,7)/t12-,15+,16+;;/m0../s1. The molecule has 0 spiro atoms. The number of hydrogen-bond acceptors (Lipinski definition) is 8. The van der Waals surface area contributed by atoms with Crippen LogP contribution in [-0.4, -0.2) is 80.7 Å². The van der Waals surface area contributed by atoms with E-state index in [4.69, 9.17) is 24.5 Å². The average Bonchev–Trinajstić information content (AvgIpc) is 3.42. The Labute approximate surface area is 221 Å². The summed E-state index contributed by atoms with van der Waals surface area (Å²) in [6.07, 6.45) is -4.92. The Bertz CT molecular complexity index is 1100. The fourth-order valence-electron chi connectivity index (χ4n) is 3.60. The lowest BCUT2D eigenvalue weighted by Gasteiger charge is -2.19. The van der Waals surface area contributed by atoms with Crippen LogP contribution in [0.1, 0.15) is 18.5 Å². The van der Waals surface area contributed by atoms with Crippen molar-refractivity contribution in [3.05, 3.63) is 48.3 Å². The van der Waals surface area contributed by atoms with Gasteiger partial charge in [0.2, 0.25) is 11.9 Å². The number of fused-ring (bicyclic) bond motifs is 1. The topological polar surface area (TPSA) is 155 Å². The summed E-state index contributed by atoms with van der Waals surface area (Å²) < 4.78 is 82.4. The Morgan fingerprint density at radius 1 is 0.975 bits per heavy atom. The maximum Gasteiger partial charge on any atom is 0.490 e. The average molecular weight is 585 g/mol. The van der Waals surface area contributed by atoms with Gasteiger partial charge in [0.25, 0.3) is 0 Å². The fraction of sp³-hybridized carbons (Fsp3) is 0.455. The predicted molar refractivity (Wildman–Crippen MR) is 119 cm³/mol. The Kier molecular flexibility index (Phi) is 11.1. The summed E-state index contributed by atoms with van der Waals surface area (Å²) in [4.78, 5) is 44.2. The number of carboxylic acids is 2. The summed E-state index contributed by atoms with van der Waals surface area (Å²) in [5.74, 6) is -5.12. The molecule has 1 amide bonds. The Balaban J connectivity index is 0.000000333. The second-order valence-electron chi connectivity index (χ2n) is 8.31. The number of aromatic nitrogens is 3. The van der Waals surface area contributed by atoms with Crippen LogP contribution in [0.5, 0.6) is 0 Å². The highest BCUT2D eigenvalue weighted by Gasteiger charge is 2.43. The van der Waals surface area contributed by atoms with Gasteiger partial charge in [-0.05, 0) is 18.6 Å². The van der Waals surface area contributed by atoms with Crippen molar-refractivity contribution in [1.29, 1.82) is 0 Å². The van der Waals surface area contributed by atoms with Crippen molar-refractivity contribution >= 4 is 23.8 Å². The van der Waals surface area contributed by atoms with Gasteiger partial charge < -0.3 is 25.2 Å². The largest absolute Gasteiger partial charge is 0.490 e. The lowest BCUT2D eigenvalue weighted by atomic mass is 10.0. The lowest BCUT2D eigenvalue weighted by Crippen LogP contribution is -2.30. The molecule has 0 radical (unpaired) electrons. The molecule has 2 aliphatic heterocycles. The Morgan fingerprint density at radius 3 is 2.02 bits per heavy atom. The van der Waals surface area contributed by atoms with Crippen LogP contribution in [0, 0.1) is 11.7 Å². The molecular weight excluding hydrogens is 563 g/mol. The van der Waals surface area contributed by atoms with Gasteiger partial charge in [-0.3, -0.25) is 9.78 Å². The lowest BCUT2D eigenvalue weighted by molar-refractivity contribution is -0.193. The molecule has 0 aliphatic carbocycles. The zero-order chi connectivity index (χ0) is 30.1. The molecule has 11 nitrogen and oxygen atoms in total. The summed E-state index contributed by atoms with van der Waals surface area (Å²) >= 11 is 0. The van der Waals surface area contributed by atoms with E-state index in [0.29, 0.717) is 31.4 Å². The van der Waals surface area contributed by atoms with Crippen molar-refractivity contribution in [1.82, 2.24) is 20.3 Å². The van der Waals surface area contributed by atoms with Crippen LogP contribution < -0.4 is 10.2 Å².